The van der Waals surface area contributed by atoms with Gasteiger partial charge >= 0.3 is 17.9 Å². The molecule has 69 heavy (non-hydrogen) atoms. The second kappa shape index (κ2) is 56.1. The molecular formula is C63H100O6. The zero-order valence-electron chi connectivity index (χ0n) is 44.3. The van der Waals surface area contributed by atoms with Gasteiger partial charge in [0, 0.05) is 19.3 Å². The smallest absolute Gasteiger partial charge is 0.306 e. The summed E-state index contributed by atoms with van der Waals surface area (Å²) >= 11 is 0. The molecular weight excluding hydrogens is 853 g/mol. The van der Waals surface area contributed by atoms with E-state index in [1.54, 1.807) is 0 Å². The first-order valence-corrected chi connectivity index (χ1v) is 27.7. The quantitative estimate of drug-likeness (QED) is 0.0199. The average Bonchev–Trinajstić information content (AvgIpc) is 3.35. The third-order valence-electron chi connectivity index (χ3n) is 11.2. The molecule has 0 aromatic carbocycles. The van der Waals surface area contributed by atoms with Crippen LogP contribution in [0, 0.1) is 0 Å². The number of hydrogen-bond acceptors (Lipinski definition) is 6. The van der Waals surface area contributed by atoms with Crippen LogP contribution in [-0.2, 0) is 28.6 Å². The molecule has 0 fully saturated rings. The summed E-state index contributed by atoms with van der Waals surface area (Å²) in [5, 5.41) is 0. The Morgan fingerprint density at radius 2 is 0.623 bits per heavy atom. The molecule has 388 valence electrons. The van der Waals surface area contributed by atoms with Gasteiger partial charge in [0.15, 0.2) is 6.10 Å². The van der Waals surface area contributed by atoms with Crippen molar-refractivity contribution < 1.29 is 28.6 Å². The summed E-state index contributed by atoms with van der Waals surface area (Å²) in [4.78, 5) is 38.1. The van der Waals surface area contributed by atoms with Gasteiger partial charge < -0.3 is 14.2 Å². The molecule has 0 rings (SSSR count). The highest BCUT2D eigenvalue weighted by atomic mass is 16.6. The van der Waals surface area contributed by atoms with Crippen LogP contribution in [0.2, 0.25) is 0 Å². The maximum atomic E-state index is 12.8. The first-order valence-electron chi connectivity index (χ1n) is 27.7. The van der Waals surface area contributed by atoms with Gasteiger partial charge in [-0.2, -0.15) is 0 Å². The van der Waals surface area contributed by atoms with E-state index in [0.29, 0.717) is 12.8 Å². The van der Waals surface area contributed by atoms with E-state index in [9.17, 15) is 14.4 Å². The largest absolute Gasteiger partial charge is 0.462 e. The lowest BCUT2D eigenvalue weighted by Gasteiger charge is -2.18. The summed E-state index contributed by atoms with van der Waals surface area (Å²) in [6.07, 6.45) is 78.6. The highest BCUT2D eigenvalue weighted by molar-refractivity contribution is 5.71. The van der Waals surface area contributed by atoms with E-state index in [1.807, 2.05) is 0 Å². The van der Waals surface area contributed by atoms with Gasteiger partial charge in [-0.1, -0.05) is 225 Å². The molecule has 0 saturated carbocycles. The van der Waals surface area contributed by atoms with E-state index in [-0.39, 0.29) is 37.5 Å². The second-order valence-electron chi connectivity index (χ2n) is 17.8. The lowest BCUT2D eigenvalue weighted by molar-refractivity contribution is -0.167. The van der Waals surface area contributed by atoms with Crippen LogP contribution in [0.25, 0.3) is 0 Å². The van der Waals surface area contributed by atoms with Gasteiger partial charge in [0.25, 0.3) is 0 Å². The van der Waals surface area contributed by atoms with E-state index in [4.69, 9.17) is 14.2 Å². The number of unbranched alkanes of at least 4 members (excludes halogenated alkanes) is 18. The Labute approximate surface area is 424 Å². The molecule has 0 amide bonds. The van der Waals surface area contributed by atoms with Gasteiger partial charge in [-0.3, -0.25) is 14.4 Å². The van der Waals surface area contributed by atoms with Crippen LogP contribution in [0.3, 0.4) is 0 Å². The predicted octanol–water partition coefficient (Wildman–Crippen LogP) is 18.6. The lowest BCUT2D eigenvalue weighted by atomic mass is 10.1. The van der Waals surface area contributed by atoms with E-state index < -0.39 is 6.10 Å². The van der Waals surface area contributed by atoms with Crippen molar-refractivity contribution in [1.82, 2.24) is 0 Å². The van der Waals surface area contributed by atoms with E-state index in [1.165, 1.54) is 44.9 Å². The molecule has 6 heteroatoms. The molecule has 0 aromatic rings. The Morgan fingerprint density at radius 3 is 1.03 bits per heavy atom. The molecule has 0 aliphatic rings. The standard InChI is InChI=1S/C63H100O6/c1-4-7-10-13-16-19-22-25-28-30-32-34-35-38-41-44-47-50-53-56-62(65)68-59-60(58-67-61(64)55-52-49-46-43-40-37-27-24-21-18-15-12-9-6-3)69-63(66)57-54-51-48-45-42-39-36-33-31-29-26-23-20-17-14-11-8-5-2/h7,9-10,12,16-21,23,25-26,28-29,31-34,36,38,41,60H,4-6,8,11,13-15,22,24,27,30,35,37,39-40,42-59H2,1-3H3/b10-7-,12-9-,19-16-,20-17-,21-18-,26-23-,28-25-,31-29-,34-32-,36-33-,41-38-. The number of carbonyl (C=O) groups is 3. The maximum absolute atomic E-state index is 12.8. The Bertz CT molecular complexity index is 1510. The van der Waals surface area contributed by atoms with Crippen LogP contribution < -0.4 is 0 Å². The van der Waals surface area contributed by atoms with Crippen molar-refractivity contribution in [3.8, 4) is 0 Å². The van der Waals surface area contributed by atoms with Gasteiger partial charge in [-0.25, -0.2) is 0 Å². The summed E-state index contributed by atoms with van der Waals surface area (Å²) in [6, 6.07) is 0. The molecule has 0 heterocycles. The zero-order chi connectivity index (χ0) is 50.0. The fourth-order valence-electron chi connectivity index (χ4n) is 7.11. The fraction of sp³-hybridized carbons (Fsp3) is 0.603. The van der Waals surface area contributed by atoms with Crippen LogP contribution >= 0.6 is 0 Å². The highest BCUT2D eigenvalue weighted by Crippen LogP contribution is 2.13. The molecule has 6 nitrogen and oxygen atoms in total. The summed E-state index contributed by atoms with van der Waals surface area (Å²) < 4.78 is 16.8. The Balaban J connectivity index is 4.54. The van der Waals surface area contributed by atoms with Crippen LogP contribution in [0.5, 0.6) is 0 Å². The van der Waals surface area contributed by atoms with Crippen molar-refractivity contribution in [2.75, 3.05) is 13.2 Å². The SMILES string of the molecule is CC/C=C\C/C=C\C/C=C\C/C=C\C/C=C\CCCCCC(=O)OCC(COC(=O)CCCCCCCCC/C=C\C/C=C\CC)OC(=O)CCCCCCC\C=C/C=C\C=C/C=C\CCCCC. The van der Waals surface area contributed by atoms with Gasteiger partial charge in [0.05, 0.1) is 0 Å². The molecule has 0 radical (unpaired) electrons. The number of esters is 3. The molecule has 1 atom stereocenters. The first kappa shape index (κ1) is 64.5. The van der Waals surface area contributed by atoms with Gasteiger partial charge in [-0.15, -0.1) is 0 Å². The maximum Gasteiger partial charge on any atom is 0.306 e. The molecule has 0 N–H and O–H groups in total. The van der Waals surface area contributed by atoms with Crippen LogP contribution in [0.4, 0.5) is 0 Å². The predicted molar refractivity (Wildman–Crippen MR) is 297 cm³/mol. The molecule has 0 spiro atoms. The molecule has 0 aromatic heterocycles. The minimum Gasteiger partial charge on any atom is -0.462 e. The number of carbonyl (C=O) groups excluding carboxylic acids is 3. The summed E-state index contributed by atoms with van der Waals surface area (Å²) in [5.41, 5.74) is 0. The van der Waals surface area contributed by atoms with Gasteiger partial charge in [-0.05, 0) is 116 Å². The summed E-state index contributed by atoms with van der Waals surface area (Å²) in [7, 11) is 0. The third kappa shape index (κ3) is 54.4. The third-order valence-corrected chi connectivity index (χ3v) is 11.2. The number of hydrogen-bond donors (Lipinski definition) is 0. The second-order valence-corrected chi connectivity index (χ2v) is 17.8. The highest BCUT2D eigenvalue weighted by Gasteiger charge is 2.19. The Hall–Kier alpha value is -4.45. The molecule has 0 bridgehead atoms. The van der Waals surface area contributed by atoms with Crippen LogP contribution in [-0.4, -0.2) is 37.2 Å². The topological polar surface area (TPSA) is 78.9 Å². The molecule has 0 aliphatic heterocycles. The Kier molecular flexibility index (Phi) is 52.5. The van der Waals surface area contributed by atoms with Crippen molar-refractivity contribution in [3.05, 3.63) is 134 Å². The average molecular weight is 953 g/mol. The van der Waals surface area contributed by atoms with E-state index in [0.717, 1.165) is 141 Å². The summed E-state index contributed by atoms with van der Waals surface area (Å²) in [5.74, 6) is -0.977. The minimum atomic E-state index is -0.813. The van der Waals surface area contributed by atoms with Crippen LogP contribution in [0.15, 0.2) is 134 Å². The fourth-order valence-corrected chi connectivity index (χ4v) is 7.11. The van der Waals surface area contributed by atoms with Gasteiger partial charge in [0.2, 0.25) is 0 Å². The van der Waals surface area contributed by atoms with Gasteiger partial charge in [0.1, 0.15) is 13.2 Å². The van der Waals surface area contributed by atoms with Crippen molar-refractivity contribution in [3.63, 3.8) is 0 Å². The zero-order valence-corrected chi connectivity index (χ0v) is 44.3. The van der Waals surface area contributed by atoms with E-state index >= 15 is 0 Å². The normalized spacial score (nSPS) is 13.1. The first-order chi connectivity index (χ1) is 34.0. The van der Waals surface area contributed by atoms with Crippen molar-refractivity contribution in [2.45, 2.75) is 232 Å². The van der Waals surface area contributed by atoms with Crippen LogP contribution in [0.1, 0.15) is 226 Å². The van der Waals surface area contributed by atoms with Crippen molar-refractivity contribution in [2.24, 2.45) is 0 Å². The minimum absolute atomic E-state index is 0.108. The summed E-state index contributed by atoms with van der Waals surface area (Å²) in [6.45, 7) is 6.31. The number of rotatable bonds is 48. The number of allylic oxidation sites excluding steroid dienone is 22. The molecule has 0 saturated heterocycles. The van der Waals surface area contributed by atoms with E-state index in [2.05, 4.69) is 154 Å². The Morgan fingerprint density at radius 1 is 0.319 bits per heavy atom. The lowest BCUT2D eigenvalue weighted by Crippen LogP contribution is -2.30. The van der Waals surface area contributed by atoms with Crippen molar-refractivity contribution in [1.29, 1.82) is 0 Å². The van der Waals surface area contributed by atoms with Crippen molar-refractivity contribution >= 4 is 17.9 Å². The molecule has 1 unspecified atom stereocenters. The monoisotopic (exact) mass is 953 g/mol. The number of ether oxygens (including phenoxy) is 3. The molecule has 0 aliphatic carbocycles.